The average molecular weight is 559 g/mol. The number of amides is 2. The van der Waals surface area contributed by atoms with Crippen molar-refractivity contribution in [2.24, 2.45) is 0 Å². The second-order valence-electron chi connectivity index (χ2n) is 9.72. The summed E-state index contributed by atoms with van der Waals surface area (Å²) in [4.78, 5) is 26.4. The maximum Gasteiger partial charge on any atom is 0.224 e. The number of hydrogen-bond donors (Lipinski definition) is 2. The first-order valence-electron chi connectivity index (χ1n) is 13.5. The summed E-state index contributed by atoms with van der Waals surface area (Å²) in [6.07, 6.45) is 4.47. The number of likely N-dealkylation sites (tertiary alicyclic amines) is 1. The van der Waals surface area contributed by atoms with Crippen molar-refractivity contribution in [3.05, 3.63) is 60.3 Å². The maximum atomic E-state index is 12.7. The molecular weight excluding hydrogens is 524 g/mol. The largest absolute Gasteiger partial charge is 0.493 e. The summed E-state index contributed by atoms with van der Waals surface area (Å²) in [5.41, 5.74) is 2.53. The van der Waals surface area contributed by atoms with Crippen LogP contribution >= 0.6 is 0 Å². The van der Waals surface area contributed by atoms with E-state index in [1.54, 1.807) is 33.5 Å². The van der Waals surface area contributed by atoms with Crippen molar-refractivity contribution in [2.45, 2.75) is 25.7 Å². The lowest BCUT2D eigenvalue weighted by molar-refractivity contribution is -0.127. The van der Waals surface area contributed by atoms with Crippen LogP contribution in [0.2, 0.25) is 0 Å². The molecule has 11 nitrogen and oxygen atoms in total. The molecular formula is C30H34N6O5. The number of hydrogen-bond acceptors (Lipinski definition) is 8. The van der Waals surface area contributed by atoms with Crippen LogP contribution in [0.15, 0.2) is 54.7 Å². The number of nitrogens with zero attached hydrogens (tertiary/aromatic N) is 4. The first-order chi connectivity index (χ1) is 20.0. The summed E-state index contributed by atoms with van der Waals surface area (Å²) in [6.45, 7) is 2.03. The Bertz CT molecular complexity index is 1510. The van der Waals surface area contributed by atoms with E-state index in [2.05, 4.69) is 20.8 Å². The summed E-state index contributed by atoms with van der Waals surface area (Å²) in [5, 5.41) is 16.0. The van der Waals surface area contributed by atoms with E-state index in [9.17, 15) is 9.59 Å². The SMILES string of the molecule is COc1cc(Nc2ccc(-n3cc(CC(=O)NCCCN4CCCC4=O)c4ccccc43)nn2)cc(OC)c1OC. The van der Waals surface area contributed by atoms with Gasteiger partial charge >= 0.3 is 0 Å². The molecule has 0 bridgehead atoms. The van der Waals surface area contributed by atoms with Crippen molar-refractivity contribution in [3.63, 3.8) is 0 Å². The molecule has 2 amide bonds. The summed E-state index contributed by atoms with van der Waals surface area (Å²) in [7, 11) is 4.68. The van der Waals surface area contributed by atoms with Crippen LogP contribution in [0.25, 0.3) is 16.7 Å². The topological polar surface area (TPSA) is 120 Å². The molecule has 5 rings (SSSR count). The average Bonchev–Trinajstić information content (AvgIpc) is 3.58. The van der Waals surface area contributed by atoms with E-state index < -0.39 is 0 Å². The molecule has 41 heavy (non-hydrogen) atoms. The van der Waals surface area contributed by atoms with E-state index >= 15 is 0 Å². The molecule has 1 saturated heterocycles. The van der Waals surface area contributed by atoms with Crippen LogP contribution in [0.3, 0.4) is 0 Å². The zero-order chi connectivity index (χ0) is 28.8. The van der Waals surface area contributed by atoms with Gasteiger partial charge in [-0.2, -0.15) is 0 Å². The highest BCUT2D eigenvalue weighted by atomic mass is 16.5. The third-order valence-corrected chi connectivity index (χ3v) is 7.08. The van der Waals surface area contributed by atoms with Gasteiger partial charge in [0.1, 0.15) is 0 Å². The Hall–Kier alpha value is -4.80. The first-order valence-corrected chi connectivity index (χ1v) is 13.5. The monoisotopic (exact) mass is 558 g/mol. The highest BCUT2D eigenvalue weighted by Gasteiger charge is 2.19. The number of benzene rings is 2. The fraction of sp³-hybridized carbons (Fsp3) is 0.333. The minimum absolute atomic E-state index is 0.0587. The van der Waals surface area contributed by atoms with Crippen molar-refractivity contribution in [3.8, 4) is 23.1 Å². The number of methoxy groups -OCH3 is 3. The Balaban J connectivity index is 1.27. The Labute approximate surface area is 238 Å². The number of nitrogens with one attached hydrogen (secondary N) is 2. The Morgan fingerprint density at radius 3 is 2.44 bits per heavy atom. The molecule has 4 aromatic rings. The number of fused-ring (bicyclic) bond motifs is 1. The van der Waals surface area contributed by atoms with Gasteiger partial charge in [-0.3, -0.25) is 14.2 Å². The van der Waals surface area contributed by atoms with Crippen LogP contribution in [-0.4, -0.2) is 72.4 Å². The molecule has 1 aliphatic rings. The quantitative estimate of drug-likeness (QED) is 0.252. The van der Waals surface area contributed by atoms with Crippen LogP contribution in [0.4, 0.5) is 11.5 Å². The van der Waals surface area contributed by atoms with E-state index in [1.807, 2.05) is 52.1 Å². The van der Waals surface area contributed by atoms with Crippen molar-refractivity contribution in [1.82, 2.24) is 25.0 Å². The fourth-order valence-corrected chi connectivity index (χ4v) is 5.08. The second-order valence-corrected chi connectivity index (χ2v) is 9.72. The van der Waals surface area contributed by atoms with Gasteiger partial charge in [0, 0.05) is 55.5 Å². The van der Waals surface area contributed by atoms with Crippen molar-refractivity contribution in [2.75, 3.05) is 46.3 Å². The molecule has 0 saturated carbocycles. The standard InChI is InChI=1S/C30H34N6O5/c1-39-24-17-21(18-25(40-2)30(24)41-3)32-26-11-12-27(34-33-26)36-19-20(22-8-4-5-9-23(22)36)16-28(37)31-13-7-15-35-14-6-10-29(35)38/h4-5,8-9,11-12,17-19H,6-7,10,13-16H2,1-3H3,(H,31,37)(H,32,33). The lowest BCUT2D eigenvalue weighted by atomic mass is 10.1. The van der Waals surface area contributed by atoms with Crippen LogP contribution in [-0.2, 0) is 16.0 Å². The summed E-state index contributed by atoms with van der Waals surface area (Å²) >= 11 is 0. The molecule has 1 aliphatic heterocycles. The van der Waals surface area contributed by atoms with Crippen LogP contribution in [0.5, 0.6) is 17.2 Å². The van der Waals surface area contributed by atoms with Gasteiger partial charge in [0.05, 0.1) is 33.3 Å². The molecule has 0 unspecified atom stereocenters. The molecule has 2 aromatic heterocycles. The lowest BCUT2D eigenvalue weighted by Gasteiger charge is -2.15. The van der Waals surface area contributed by atoms with Gasteiger partial charge in [-0.05, 0) is 36.6 Å². The second kappa shape index (κ2) is 12.6. The summed E-state index contributed by atoms with van der Waals surface area (Å²) in [5.74, 6) is 2.86. The van der Waals surface area contributed by atoms with E-state index in [1.165, 1.54) is 0 Å². The Morgan fingerprint density at radius 1 is 1.00 bits per heavy atom. The van der Waals surface area contributed by atoms with Gasteiger partial charge < -0.3 is 29.7 Å². The highest BCUT2D eigenvalue weighted by molar-refractivity contribution is 5.90. The van der Waals surface area contributed by atoms with Gasteiger partial charge in [-0.25, -0.2) is 0 Å². The normalized spacial score (nSPS) is 13.0. The Morgan fingerprint density at radius 2 is 1.78 bits per heavy atom. The molecule has 0 aliphatic carbocycles. The summed E-state index contributed by atoms with van der Waals surface area (Å²) < 4.78 is 18.2. The number of ether oxygens (including phenoxy) is 3. The molecule has 0 radical (unpaired) electrons. The molecule has 3 heterocycles. The van der Waals surface area contributed by atoms with Crippen molar-refractivity contribution in [1.29, 1.82) is 0 Å². The Kier molecular flexibility index (Phi) is 8.52. The number of carbonyl (C=O) groups excluding carboxylic acids is 2. The third-order valence-electron chi connectivity index (χ3n) is 7.08. The zero-order valence-corrected chi connectivity index (χ0v) is 23.5. The van der Waals surface area contributed by atoms with Crippen molar-refractivity contribution < 1.29 is 23.8 Å². The van der Waals surface area contributed by atoms with Gasteiger partial charge in [0.2, 0.25) is 17.6 Å². The smallest absolute Gasteiger partial charge is 0.224 e. The molecule has 1 fully saturated rings. The van der Waals surface area contributed by atoms with E-state index in [0.29, 0.717) is 54.1 Å². The minimum Gasteiger partial charge on any atom is -0.493 e. The fourth-order valence-electron chi connectivity index (χ4n) is 5.08. The van der Waals surface area contributed by atoms with Crippen molar-refractivity contribution >= 4 is 34.2 Å². The molecule has 0 spiro atoms. The molecule has 2 aromatic carbocycles. The van der Waals surface area contributed by atoms with Gasteiger partial charge in [0.15, 0.2) is 23.1 Å². The molecule has 2 N–H and O–H groups in total. The van der Waals surface area contributed by atoms with Gasteiger partial charge in [-0.1, -0.05) is 18.2 Å². The number of carbonyl (C=O) groups is 2. The van der Waals surface area contributed by atoms with Gasteiger partial charge in [0.25, 0.3) is 0 Å². The third kappa shape index (κ3) is 6.19. The molecule has 0 atom stereocenters. The lowest BCUT2D eigenvalue weighted by Crippen LogP contribution is -2.31. The minimum atomic E-state index is -0.0587. The summed E-state index contributed by atoms with van der Waals surface area (Å²) in [6, 6.07) is 15.2. The first kappa shape index (κ1) is 27.8. The van der Waals surface area contributed by atoms with Gasteiger partial charge in [-0.15, -0.1) is 10.2 Å². The zero-order valence-electron chi connectivity index (χ0n) is 23.5. The molecule has 11 heteroatoms. The van der Waals surface area contributed by atoms with E-state index in [0.717, 1.165) is 35.9 Å². The number of rotatable bonds is 12. The molecule has 214 valence electrons. The number of para-hydroxylation sites is 1. The predicted molar refractivity (Wildman–Crippen MR) is 155 cm³/mol. The van der Waals surface area contributed by atoms with Crippen LogP contribution < -0.4 is 24.8 Å². The van der Waals surface area contributed by atoms with E-state index in [-0.39, 0.29) is 18.2 Å². The number of aromatic nitrogens is 3. The van der Waals surface area contributed by atoms with E-state index in [4.69, 9.17) is 14.2 Å². The number of anilines is 2. The van der Waals surface area contributed by atoms with Crippen LogP contribution in [0, 0.1) is 0 Å². The highest BCUT2D eigenvalue weighted by Crippen LogP contribution is 2.40. The predicted octanol–water partition coefficient (Wildman–Crippen LogP) is 3.86. The maximum absolute atomic E-state index is 12.7. The van der Waals surface area contributed by atoms with Crippen LogP contribution in [0.1, 0.15) is 24.8 Å².